The van der Waals surface area contributed by atoms with E-state index < -0.39 is 6.97 Å². The summed E-state index contributed by atoms with van der Waals surface area (Å²) in [4.78, 5) is 17.8. The molecular weight excluding hydrogens is 566 g/mol. The summed E-state index contributed by atoms with van der Waals surface area (Å²) < 4.78 is 4.52. The van der Waals surface area contributed by atoms with Crippen molar-refractivity contribution >= 4 is 57.5 Å². The number of benzene rings is 1. The fourth-order valence-electron chi connectivity index (χ4n) is 2.89. The molecule has 0 saturated heterocycles. The standard InChI is InChI=1S/C21H32I2N2O2/c1-18(2,3)13-20(22,14-21(23,25-15-24)19(4,5)6)17(26)27-12-16-10-8-7-9-11-16/h7-11,15H,12-14H2,1-6H3,(H2,24,25). The topological polar surface area (TPSA) is 64.7 Å². The first kappa shape index (κ1) is 24.7. The highest BCUT2D eigenvalue weighted by atomic mass is 127. The maximum Gasteiger partial charge on any atom is 0.322 e. The van der Waals surface area contributed by atoms with Crippen molar-refractivity contribution in [3.63, 3.8) is 0 Å². The number of nitrogens with zero attached hydrogens (tertiary/aromatic N) is 1. The van der Waals surface area contributed by atoms with Gasteiger partial charge in [0.05, 0.1) is 6.34 Å². The van der Waals surface area contributed by atoms with E-state index in [0.717, 1.165) is 5.56 Å². The van der Waals surface area contributed by atoms with Gasteiger partial charge in [-0.2, -0.15) is 0 Å². The molecule has 0 aliphatic heterocycles. The van der Waals surface area contributed by atoms with Crippen LogP contribution in [0.25, 0.3) is 0 Å². The lowest BCUT2D eigenvalue weighted by Gasteiger charge is -2.43. The second-order valence-electron chi connectivity index (χ2n) is 9.23. The van der Waals surface area contributed by atoms with Crippen molar-refractivity contribution in [2.24, 2.45) is 21.6 Å². The van der Waals surface area contributed by atoms with Crippen molar-refractivity contribution in [1.29, 1.82) is 0 Å². The third-order valence-corrected chi connectivity index (χ3v) is 7.81. The van der Waals surface area contributed by atoms with Gasteiger partial charge in [0.15, 0.2) is 0 Å². The predicted octanol–water partition coefficient (Wildman–Crippen LogP) is 5.89. The molecule has 2 N–H and O–H groups in total. The lowest BCUT2D eigenvalue weighted by molar-refractivity contribution is -0.148. The molecule has 2 atom stereocenters. The Bertz CT molecular complexity index is 650. The second kappa shape index (κ2) is 9.41. The molecule has 1 aromatic rings. The lowest BCUT2D eigenvalue weighted by Crippen LogP contribution is -2.47. The van der Waals surface area contributed by atoms with E-state index in [1.54, 1.807) is 0 Å². The van der Waals surface area contributed by atoms with Crippen molar-refractivity contribution in [2.45, 2.75) is 68.0 Å². The van der Waals surface area contributed by atoms with Crippen LogP contribution in [0.1, 0.15) is 59.9 Å². The smallest absolute Gasteiger partial charge is 0.322 e. The third kappa shape index (κ3) is 7.51. The Labute approximate surface area is 191 Å². The molecule has 1 aromatic carbocycles. The van der Waals surface area contributed by atoms with Gasteiger partial charge in [0, 0.05) is 6.42 Å². The minimum atomic E-state index is -0.703. The Morgan fingerprint density at radius 3 is 2.07 bits per heavy atom. The average Bonchev–Trinajstić information content (AvgIpc) is 2.50. The van der Waals surface area contributed by atoms with Gasteiger partial charge in [0.1, 0.15) is 13.6 Å². The Morgan fingerprint density at radius 1 is 1.07 bits per heavy atom. The summed E-state index contributed by atoms with van der Waals surface area (Å²) >= 11 is 4.62. The van der Waals surface area contributed by atoms with Crippen LogP contribution in [0.3, 0.4) is 0 Å². The van der Waals surface area contributed by atoms with Crippen LogP contribution in [0.5, 0.6) is 0 Å². The van der Waals surface area contributed by atoms with Crippen molar-refractivity contribution in [3.05, 3.63) is 35.9 Å². The summed E-state index contributed by atoms with van der Waals surface area (Å²) in [5, 5.41) is 0. The Balaban J connectivity index is 3.14. The molecule has 0 saturated carbocycles. The van der Waals surface area contributed by atoms with Crippen LogP contribution in [-0.4, -0.2) is 19.3 Å². The van der Waals surface area contributed by atoms with Crippen LogP contribution < -0.4 is 5.73 Å². The molecule has 0 radical (unpaired) electrons. The van der Waals surface area contributed by atoms with Gasteiger partial charge in [-0.25, -0.2) is 0 Å². The van der Waals surface area contributed by atoms with Gasteiger partial charge < -0.3 is 10.5 Å². The number of ether oxygens (including phenoxy) is 1. The molecule has 4 nitrogen and oxygen atoms in total. The molecule has 0 spiro atoms. The van der Waals surface area contributed by atoms with E-state index in [4.69, 9.17) is 10.5 Å². The summed E-state index contributed by atoms with van der Waals surface area (Å²) in [7, 11) is 0. The predicted molar refractivity (Wildman–Crippen MR) is 131 cm³/mol. The Hall–Kier alpha value is -0.380. The highest BCUT2D eigenvalue weighted by molar-refractivity contribution is 14.1. The van der Waals surface area contributed by atoms with Crippen LogP contribution in [0.15, 0.2) is 35.3 Å². The number of carbonyl (C=O) groups is 1. The minimum Gasteiger partial charge on any atom is -0.460 e. The average molecular weight is 598 g/mol. The maximum absolute atomic E-state index is 13.2. The molecule has 152 valence electrons. The highest BCUT2D eigenvalue weighted by Crippen LogP contribution is 2.50. The summed E-state index contributed by atoms with van der Waals surface area (Å²) in [5.74, 6) is -0.195. The van der Waals surface area contributed by atoms with Crippen LogP contribution >= 0.6 is 45.2 Å². The molecule has 27 heavy (non-hydrogen) atoms. The van der Waals surface area contributed by atoms with E-state index in [-0.39, 0.29) is 23.4 Å². The minimum absolute atomic E-state index is 0.0329. The molecule has 0 heterocycles. The largest absolute Gasteiger partial charge is 0.460 e. The molecule has 0 aliphatic carbocycles. The zero-order valence-electron chi connectivity index (χ0n) is 17.2. The molecule has 6 heteroatoms. The van der Waals surface area contributed by atoms with Gasteiger partial charge in [-0.15, -0.1) is 0 Å². The number of halogens is 2. The van der Waals surface area contributed by atoms with E-state index >= 15 is 0 Å². The first-order chi connectivity index (χ1) is 12.2. The number of carbonyl (C=O) groups excluding carboxylic acids is 1. The van der Waals surface area contributed by atoms with Crippen molar-refractivity contribution in [3.8, 4) is 0 Å². The second-order valence-corrected chi connectivity index (χ2v) is 13.1. The quantitative estimate of drug-likeness (QED) is 0.106. The lowest BCUT2D eigenvalue weighted by atomic mass is 9.76. The van der Waals surface area contributed by atoms with E-state index in [1.807, 2.05) is 30.3 Å². The highest BCUT2D eigenvalue weighted by Gasteiger charge is 2.51. The normalized spacial score (nSPS) is 17.3. The molecular formula is C21H32I2N2O2. The van der Waals surface area contributed by atoms with Crippen LogP contribution in [-0.2, 0) is 16.1 Å². The van der Waals surface area contributed by atoms with Gasteiger partial charge in [-0.1, -0.05) is 117 Å². The molecule has 0 aliphatic rings. The third-order valence-electron chi connectivity index (χ3n) is 4.33. The fourth-order valence-corrected chi connectivity index (χ4v) is 6.29. The first-order valence-corrected chi connectivity index (χ1v) is 11.2. The van der Waals surface area contributed by atoms with Gasteiger partial charge >= 0.3 is 5.97 Å². The van der Waals surface area contributed by atoms with Gasteiger partial charge in [0.25, 0.3) is 0 Å². The van der Waals surface area contributed by atoms with Crippen molar-refractivity contribution in [2.75, 3.05) is 0 Å². The number of rotatable bonds is 7. The number of hydrogen-bond acceptors (Lipinski definition) is 3. The maximum atomic E-state index is 13.2. The number of aliphatic imine (C=N–C) groups is 1. The molecule has 2 unspecified atom stereocenters. The van der Waals surface area contributed by atoms with Gasteiger partial charge in [-0.05, 0) is 22.8 Å². The van der Waals surface area contributed by atoms with Gasteiger partial charge in [-0.3, -0.25) is 9.79 Å². The number of nitrogens with two attached hydrogens (primary N) is 1. The van der Waals surface area contributed by atoms with E-state index in [1.165, 1.54) is 6.34 Å². The number of alkyl halides is 2. The Morgan fingerprint density at radius 2 is 1.63 bits per heavy atom. The molecule has 0 amide bonds. The Kier molecular flexibility index (Phi) is 8.60. The fraction of sp³-hybridized carbons (Fsp3) is 0.619. The zero-order valence-corrected chi connectivity index (χ0v) is 21.5. The van der Waals surface area contributed by atoms with E-state index in [2.05, 4.69) is 91.7 Å². The summed E-state index contributed by atoms with van der Waals surface area (Å²) in [5.41, 5.74) is 6.43. The van der Waals surface area contributed by atoms with Crippen molar-refractivity contribution in [1.82, 2.24) is 0 Å². The summed E-state index contributed by atoms with van der Waals surface area (Å²) in [6, 6.07) is 9.76. The molecule has 0 fully saturated rings. The molecule has 1 rings (SSSR count). The van der Waals surface area contributed by atoms with Crippen LogP contribution in [0.4, 0.5) is 0 Å². The number of esters is 1. The zero-order chi connectivity index (χ0) is 20.9. The van der Waals surface area contributed by atoms with E-state index in [0.29, 0.717) is 12.8 Å². The van der Waals surface area contributed by atoms with Crippen LogP contribution in [0.2, 0.25) is 0 Å². The molecule has 0 bridgehead atoms. The summed E-state index contributed by atoms with van der Waals surface area (Å²) in [6.45, 7) is 13.1. The number of hydrogen-bond donors (Lipinski definition) is 1. The molecule has 0 aromatic heterocycles. The monoisotopic (exact) mass is 598 g/mol. The van der Waals surface area contributed by atoms with Crippen molar-refractivity contribution < 1.29 is 9.53 Å². The van der Waals surface area contributed by atoms with Gasteiger partial charge in [0.2, 0.25) is 0 Å². The van der Waals surface area contributed by atoms with E-state index in [9.17, 15) is 4.79 Å². The van der Waals surface area contributed by atoms with Crippen LogP contribution in [0, 0.1) is 10.8 Å². The SMILES string of the molecule is CC(C)(C)CC(I)(CC(I)(N=CN)C(C)(C)C)C(=O)OCc1ccccc1. The summed E-state index contributed by atoms with van der Waals surface area (Å²) in [6.07, 6.45) is 2.58. The first-order valence-electron chi connectivity index (χ1n) is 9.07.